The maximum atomic E-state index is 11.3. The summed E-state index contributed by atoms with van der Waals surface area (Å²) in [6, 6.07) is 0.471. The summed E-state index contributed by atoms with van der Waals surface area (Å²) in [6.45, 7) is 3.39. The molecular weight excluding hydrogens is 272 g/mol. The smallest absolute Gasteiger partial charge is 0.408 e. The van der Waals surface area contributed by atoms with E-state index in [1.54, 1.807) is 6.07 Å². The summed E-state index contributed by atoms with van der Waals surface area (Å²) in [7, 11) is 0. The zero-order chi connectivity index (χ0) is 14.3. The van der Waals surface area contributed by atoms with E-state index in [-0.39, 0.29) is 13.0 Å². The third-order valence-corrected chi connectivity index (χ3v) is 2.33. The van der Waals surface area contributed by atoms with Crippen LogP contribution in [0.3, 0.4) is 0 Å². The third-order valence-electron chi connectivity index (χ3n) is 2.12. The van der Waals surface area contributed by atoms with Gasteiger partial charge in [-0.25, -0.2) is 9.59 Å². The molecule has 0 bridgehead atoms. The molecule has 1 heterocycles. The van der Waals surface area contributed by atoms with Crippen LogP contribution in [0.1, 0.15) is 5.56 Å². The van der Waals surface area contributed by atoms with Gasteiger partial charge in [0.15, 0.2) is 0 Å². The number of aliphatic carboxylic acids is 1. The Labute approximate surface area is 115 Å². The molecule has 102 valence electrons. The number of nitrogens with one attached hydrogen (secondary N) is 1. The molecule has 1 rings (SSSR count). The van der Waals surface area contributed by atoms with Crippen LogP contribution in [-0.2, 0) is 16.0 Å². The fraction of sp³-hybridized carbons (Fsp3) is 0.250. The molecule has 0 fully saturated rings. The highest BCUT2D eigenvalue weighted by Gasteiger charge is 2.21. The Morgan fingerprint density at radius 3 is 2.89 bits per heavy atom. The van der Waals surface area contributed by atoms with Gasteiger partial charge in [-0.2, -0.15) is 0 Å². The molecule has 0 aliphatic carbocycles. The minimum absolute atomic E-state index is 0.0108. The van der Waals surface area contributed by atoms with Crippen LogP contribution in [-0.4, -0.2) is 34.8 Å². The maximum Gasteiger partial charge on any atom is 0.408 e. The molecule has 1 aromatic rings. The molecule has 1 unspecified atom stereocenters. The third kappa shape index (κ3) is 5.39. The number of pyridine rings is 1. The fourth-order valence-electron chi connectivity index (χ4n) is 1.32. The second-order valence-corrected chi connectivity index (χ2v) is 4.07. The van der Waals surface area contributed by atoms with Crippen molar-refractivity contribution < 1.29 is 19.4 Å². The van der Waals surface area contributed by atoms with E-state index in [4.69, 9.17) is 16.7 Å². The van der Waals surface area contributed by atoms with Crippen LogP contribution >= 0.6 is 11.6 Å². The Balaban J connectivity index is 2.65. The molecule has 0 aromatic carbocycles. The lowest BCUT2D eigenvalue weighted by molar-refractivity contribution is -0.139. The number of amides is 1. The minimum atomic E-state index is -1.17. The molecule has 19 heavy (non-hydrogen) atoms. The molecular formula is C12H13ClN2O4. The number of carboxylic acid groups (broad SMARTS) is 1. The standard InChI is InChI=1S/C12H13ClN2O4/c1-2-3-19-12(18)15-10(11(16)17)5-8-4-9(13)7-14-6-8/h2,4,6-7,10H,1,3,5H2,(H,15,18)(H,16,17). The van der Waals surface area contributed by atoms with Gasteiger partial charge in [0.25, 0.3) is 0 Å². The number of halogens is 1. The van der Waals surface area contributed by atoms with Gasteiger partial charge in [-0.05, 0) is 11.6 Å². The highest BCUT2D eigenvalue weighted by atomic mass is 35.5. The molecule has 0 saturated carbocycles. The summed E-state index contributed by atoms with van der Waals surface area (Å²) in [5, 5.41) is 11.7. The molecule has 0 radical (unpaired) electrons. The van der Waals surface area contributed by atoms with E-state index < -0.39 is 18.1 Å². The van der Waals surface area contributed by atoms with Gasteiger partial charge in [0.1, 0.15) is 12.6 Å². The maximum absolute atomic E-state index is 11.3. The molecule has 0 aliphatic rings. The van der Waals surface area contributed by atoms with E-state index in [1.165, 1.54) is 18.5 Å². The fourth-order valence-corrected chi connectivity index (χ4v) is 1.52. The normalized spacial score (nSPS) is 11.4. The lowest BCUT2D eigenvalue weighted by Gasteiger charge is -2.14. The van der Waals surface area contributed by atoms with Crippen molar-refractivity contribution in [2.45, 2.75) is 12.5 Å². The van der Waals surface area contributed by atoms with E-state index in [0.717, 1.165) is 0 Å². The second-order valence-electron chi connectivity index (χ2n) is 3.64. The molecule has 7 heteroatoms. The summed E-state index contributed by atoms with van der Waals surface area (Å²) in [6.07, 6.45) is 3.55. The monoisotopic (exact) mass is 284 g/mol. The largest absolute Gasteiger partial charge is 0.480 e. The Bertz CT molecular complexity index is 479. The summed E-state index contributed by atoms with van der Waals surface area (Å²) in [5.41, 5.74) is 0.601. The van der Waals surface area contributed by atoms with Gasteiger partial charge < -0.3 is 15.2 Å². The quantitative estimate of drug-likeness (QED) is 0.775. The molecule has 1 aromatic heterocycles. The highest BCUT2D eigenvalue weighted by Crippen LogP contribution is 2.10. The molecule has 1 atom stereocenters. The number of hydrogen-bond donors (Lipinski definition) is 2. The van der Waals surface area contributed by atoms with E-state index in [2.05, 4.69) is 21.6 Å². The first-order valence-corrected chi connectivity index (χ1v) is 5.77. The van der Waals surface area contributed by atoms with Crippen LogP contribution in [0.25, 0.3) is 0 Å². The Hall–Kier alpha value is -2.08. The number of ether oxygens (including phenoxy) is 1. The first kappa shape index (κ1) is 15.0. The molecule has 0 saturated heterocycles. The number of carbonyl (C=O) groups is 2. The molecule has 6 nitrogen and oxygen atoms in total. The van der Waals surface area contributed by atoms with Crippen LogP contribution in [0.2, 0.25) is 5.02 Å². The van der Waals surface area contributed by atoms with Crippen molar-refractivity contribution in [3.63, 3.8) is 0 Å². The first-order chi connectivity index (χ1) is 9.02. The number of alkyl carbamates (subject to hydrolysis) is 1. The topological polar surface area (TPSA) is 88.5 Å². The first-order valence-electron chi connectivity index (χ1n) is 5.39. The summed E-state index contributed by atoms with van der Waals surface area (Å²) in [5.74, 6) is -1.17. The van der Waals surface area contributed by atoms with E-state index >= 15 is 0 Å². The minimum Gasteiger partial charge on any atom is -0.480 e. The van der Waals surface area contributed by atoms with Crippen LogP contribution in [0.15, 0.2) is 31.1 Å². The van der Waals surface area contributed by atoms with Gasteiger partial charge in [-0.1, -0.05) is 24.3 Å². The number of nitrogens with zero attached hydrogens (tertiary/aromatic N) is 1. The number of rotatable bonds is 6. The number of aromatic nitrogens is 1. The van der Waals surface area contributed by atoms with Crippen LogP contribution in [0.4, 0.5) is 4.79 Å². The van der Waals surface area contributed by atoms with Crippen molar-refractivity contribution in [2.24, 2.45) is 0 Å². The van der Waals surface area contributed by atoms with Gasteiger partial charge in [-0.3, -0.25) is 4.98 Å². The number of carbonyl (C=O) groups excluding carboxylic acids is 1. The van der Waals surface area contributed by atoms with Crippen LogP contribution in [0, 0.1) is 0 Å². The molecule has 2 N–H and O–H groups in total. The van der Waals surface area contributed by atoms with Gasteiger partial charge in [0.2, 0.25) is 0 Å². The summed E-state index contributed by atoms with van der Waals surface area (Å²) >= 11 is 5.75. The average Bonchev–Trinajstić information content (AvgIpc) is 2.35. The van der Waals surface area contributed by atoms with Crippen molar-refractivity contribution in [2.75, 3.05) is 6.61 Å². The van der Waals surface area contributed by atoms with E-state index in [1.807, 2.05) is 0 Å². The molecule has 0 aliphatic heterocycles. The zero-order valence-electron chi connectivity index (χ0n) is 10.0. The van der Waals surface area contributed by atoms with Crippen molar-refractivity contribution in [1.29, 1.82) is 0 Å². The average molecular weight is 285 g/mol. The molecule has 0 spiro atoms. The summed E-state index contributed by atoms with van der Waals surface area (Å²) in [4.78, 5) is 26.2. The van der Waals surface area contributed by atoms with Crippen molar-refractivity contribution in [3.05, 3.63) is 41.7 Å². The predicted molar refractivity (Wildman–Crippen MR) is 69.1 cm³/mol. The summed E-state index contributed by atoms with van der Waals surface area (Å²) < 4.78 is 4.66. The van der Waals surface area contributed by atoms with E-state index in [0.29, 0.717) is 10.6 Å². The van der Waals surface area contributed by atoms with Gasteiger partial charge >= 0.3 is 12.1 Å². The van der Waals surface area contributed by atoms with Gasteiger partial charge in [0.05, 0.1) is 5.02 Å². The highest BCUT2D eigenvalue weighted by molar-refractivity contribution is 6.30. The molecule has 1 amide bonds. The van der Waals surface area contributed by atoms with E-state index in [9.17, 15) is 9.59 Å². The van der Waals surface area contributed by atoms with Crippen molar-refractivity contribution in [3.8, 4) is 0 Å². The SMILES string of the molecule is C=CCOC(=O)NC(Cc1cncc(Cl)c1)C(=O)O. The predicted octanol–water partition coefficient (Wildman–Crippen LogP) is 1.64. The zero-order valence-corrected chi connectivity index (χ0v) is 10.8. The van der Waals surface area contributed by atoms with Crippen molar-refractivity contribution >= 4 is 23.7 Å². The Morgan fingerprint density at radius 1 is 1.58 bits per heavy atom. The van der Waals surface area contributed by atoms with Gasteiger partial charge in [0, 0.05) is 18.8 Å². The lowest BCUT2D eigenvalue weighted by Crippen LogP contribution is -2.42. The van der Waals surface area contributed by atoms with Crippen LogP contribution in [0.5, 0.6) is 0 Å². The lowest BCUT2D eigenvalue weighted by atomic mass is 10.1. The second kappa shape index (κ2) is 7.38. The van der Waals surface area contributed by atoms with Crippen molar-refractivity contribution in [1.82, 2.24) is 10.3 Å². The van der Waals surface area contributed by atoms with Gasteiger partial charge in [-0.15, -0.1) is 0 Å². The van der Waals surface area contributed by atoms with Crippen LogP contribution < -0.4 is 5.32 Å². The number of hydrogen-bond acceptors (Lipinski definition) is 4. The Morgan fingerprint density at radius 2 is 2.32 bits per heavy atom. The Kier molecular flexibility index (Phi) is 5.81. The number of carboxylic acids is 1.